The van der Waals surface area contributed by atoms with E-state index in [0.29, 0.717) is 12.1 Å². The van der Waals surface area contributed by atoms with Crippen LogP contribution in [0.25, 0.3) is 0 Å². The molecule has 15 heavy (non-hydrogen) atoms. The number of benzene rings is 1. The summed E-state index contributed by atoms with van der Waals surface area (Å²) in [6, 6.07) is 9.72. The molecule has 2 N–H and O–H groups in total. The van der Waals surface area contributed by atoms with Gasteiger partial charge in [-0.3, -0.25) is 0 Å². The monoisotopic (exact) mass is 204 g/mol. The smallest absolute Gasteiger partial charge is 0.0991 e. The summed E-state index contributed by atoms with van der Waals surface area (Å²) >= 11 is 0. The summed E-state index contributed by atoms with van der Waals surface area (Å²) in [5, 5.41) is 20.9. The molecule has 80 valence electrons. The van der Waals surface area contributed by atoms with Crippen LogP contribution in [0.4, 0.5) is 0 Å². The summed E-state index contributed by atoms with van der Waals surface area (Å²) in [7, 11) is 0. The highest BCUT2D eigenvalue weighted by molar-refractivity contribution is 5.32. The van der Waals surface area contributed by atoms with Gasteiger partial charge in [0.25, 0.3) is 0 Å². The van der Waals surface area contributed by atoms with Gasteiger partial charge in [0.1, 0.15) is 0 Å². The van der Waals surface area contributed by atoms with Gasteiger partial charge in [0, 0.05) is 12.6 Å². The van der Waals surface area contributed by atoms with Crippen molar-refractivity contribution in [3.63, 3.8) is 0 Å². The number of aliphatic hydroxyl groups excluding tert-OH is 1. The van der Waals surface area contributed by atoms with Gasteiger partial charge in [0.15, 0.2) is 0 Å². The molecule has 0 aliphatic heterocycles. The average Bonchev–Trinajstić information content (AvgIpc) is 2.31. The van der Waals surface area contributed by atoms with Crippen LogP contribution in [0, 0.1) is 11.3 Å². The lowest BCUT2D eigenvalue weighted by molar-refractivity contribution is 0.238. The maximum absolute atomic E-state index is 8.99. The molecule has 0 bridgehead atoms. The molecule has 0 spiro atoms. The van der Waals surface area contributed by atoms with Crippen molar-refractivity contribution in [2.75, 3.05) is 6.61 Å². The molecule has 1 aromatic rings. The van der Waals surface area contributed by atoms with Crippen molar-refractivity contribution < 1.29 is 5.11 Å². The highest BCUT2D eigenvalue weighted by atomic mass is 16.3. The van der Waals surface area contributed by atoms with E-state index in [1.54, 1.807) is 6.07 Å². The molecule has 1 aromatic carbocycles. The van der Waals surface area contributed by atoms with Gasteiger partial charge in [-0.25, -0.2) is 0 Å². The number of hydrogen-bond donors (Lipinski definition) is 2. The first-order valence-electron chi connectivity index (χ1n) is 5.13. The van der Waals surface area contributed by atoms with E-state index < -0.39 is 0 Å². The number of hydrogen-bond acceptors (Lipinski definition) is 3. The fourth-order valence-corrected chi connectivity index (χ4v) is 1.35. The second kappa shape index (κ2) is 6.18. The molecule has 0 aliphatic rings. The first-order chi connectivity index (χ1) is 7.30. The van der Waals surface area contributed by atoms with E-state index in [1.807, 2.05) is 25.1 Å². The molecular weight excluding hydrogens is 188 g/mol. The van der Waals surface area contributed by atoms with E-state index in [1.165, 1.54) is 0 Å². The summed E-state index contributed by atoms with van der Waals surface area (Å²) in [5.74, 6) is 0. The zero-order valence-corrected chi connectivity index (χ0v) is 8.90. The van der Waals surface area contributed by atoms with Crippen LogP contribution in [-0.2, 0) is 6.54 Å². The molecule has 1 rings (SSSR count). The summed E-state index contributed by atoms with van der Waals surface area (Å²) in [6.45, 7) is 2.86. The Morgan fingerprint density at radius 1 is 1.53 bits per heavy atom. The van der Waals surface area contributed by atoms with Crippen molar-refractivity contribution in [1.29, 1.82) is 5.26 Å². The van der Waals surface area contributed by atoms with Crippen LogP contribution in [-0.4, -0.2) is 17.8 Å². The van der Waals surface area contributed by atoms with Crippen LogP contribution in [0.3, 0.4) is 0 Å². The van der Waals surface area contributed by atoms with Crippen LogP contribution >= 0.6 is 0 Å². The second-order valence-electron chi connectivity index (χ2n) is 3.48. The lowest BCUT2D eigenvalue weighted by atomic mass is 10.1. The van der Waals surface area contributed by atoms with Crippen molar-refractivity contribution in [3.05, 3.63) is 35.4 Å². The van der Waals surface area contributed by atoms with Gasteiger partial charge in [0.2, 0.25) is 0 Å². The van der Waals surface area contributed by atoms with E-state index in [4.69, 9.17) is 10.4 Å². The molecule has 0 fully saturated rings. The topological polar surface area (TPSA) is 56.0 Å². The molecule has 0 heterocycles. The van der Waals surface area contributed by atoms with Crippen LogP contribution in [0.2, 0.25) is 0 Å². The lowest BCUT2D eigenvalue weighted by Crippen LogP contribution is -2.31. The zero-order chi connectivity index (χ0) is 11.1. The van der Waals surface area contributed by atoms with Crippen molar-refractivity contribution in [2.24, 2.45) is 0 Å². The van der Waals surface area contributed by atoms with Crippen molar-refractivity contribution in [2.45, 2.75) is 25.9 Å². The summed E-state index contributed by atoms with van der Waals surface area (Å²) < 4.78 is 0. The maximum Gasteiger partial charge on any atom is 0.0991 e. The minimum absolute atomic E-state index is 0.135. The summed E-state index contributed by atoms with van der Waals surface area (Å²) in [5.41, 5.74) is 1.74. The first kappa shape index (κ1) is 11.7. The predicted octanol–water partition coefficient (Wildman–Crippen LogP) is 1.42. The minimum atomic E-state index is 0.135. The van der Waals surface area contributed by atoms with Crippen LogP contribution < -0.4 is 5.32 Å². The van der Waals surface area contributed by atoms with Gasteiger partial charge >= 0.3 is 0 Å². The van der Waals surface area contributed by atoms with Crippen molar-refractivity contribution in [1.82, 2.24) is 5.32 Å². The summed E-state index contributed by atoms with van der Waals surface area (Å²) in [6.07, 6.45) is 0.897. The number of nitrogens with one attached hydrogen (secondary N) is 1. The molecule has 0 aliphatic carbocycles. The third kappa shape index (κ3) is 3.70. The lowest BCUT2D eigenvalue weighted by Gasteiger charge is -2.13. The maximum atomic E-state index is 8.99. The molecular formula is C12H16N2O. The third-order valence-electron chi connectivity index (χ3n) is 2.36. The molecule has 0 saturated heterocycles. The Kier molecular flexibility index (Phi) is 4.82. The highest BCUT2D eigenvalue weighted by Crippen LogP contribution is 2.04. The zero-order valence-electron chi connectivity index (χ0n) is 8.90. The molecule has 3 nitrogen and oxygen atoms in total. The van der Waals surface area contributed by atoms with E-state index in [0.717, 1.165) is 12.0 Å². The minimum Gasteiger partial charge on any atom is -0.395 e. The van der Waals surface area contributed by atoms with Gasteiger partial charge in [-0.05, 0) is 24.1 Å². The Balaban J connectivity index is 2.54. The normalized spacial score (nSPS) is 12.1. The van der Waals surface area contributed by atoms with E-state index in [2.05, 4.69) is 11.4 Å². The van der Waals surface area contributed by atoms with Gasteiger partial charge in [-0.2, -0.15) is 5.26 Å². The molecule has 0 amide bonds. The molecule has 0 radical (unpaired) electrons. The molecule has 1 atom stereocenters. The van der Waals surface area contributed by atoms with Crippen LogP contribution in [0.15, 0.2) is 24.3 Å². The van der Waals surface area contributed by atoms with E-state index in [-0.39, 0.29) is 12.6 Å². The molecule has 0 aromatic heterocycles. The average molecular weight is 204 g/mol. The Morgan fingerprint density at radius 3 is 2.93 bits per heavy atom. The number of rotatable bonds is 5. The van der Waals surface area contributed by atoms with E-state index >= 15 is 0 Å². The Morgan fingerprint density at radius 2 is 2.33 bits per heavy atom. The number of nitriles is 1. The molecule has 3 heteroatoms. The third-order valence-corrected chi connectivity index (χ3v) is 2.36. The van der Waals surface area contributed by atoms with Crippen LogP contribution in [0.1, 0.15) is 24.5 Å². The van der Waals surface area contributed by atoms with Gasteiger partial charge in [-0.15, -0.1) is 0 Å². The molecule has 0 unspecified atom stereocenters. The number of nitrogens with zero attached hydrogens (tertiary/aromatic N) is 1. The van der Waals surface area contributed by atoms with E-state index in [9.17, 15) is 0 Å². The molecule has 0 saturated carbocycles. The standard InChI is InChI=1S/C12H16N2O/c1-2-12(9-15)14-8-11-5-3-4-10(6-11)7-13/h3-6,12,14-15H,2,8-9H2,1H3/t12-/m0/s1. The first-order valence-corrected chi connectivity index (χ1v) is 5.13. The Bertz CT molecular complexity index is 340. The summed E-state index contributed by atoms with van der Waals surface area (Å²) in [4.78, 5) is 0. The fraction of sp³-hybridized carbons (Fsp3) is 0.417. The van der Waals surface area contributed by atoms with Crippen molar-refractivity contribution >= 4 is 0 Å². The van der Waals surface area contributed by atoms with Gasteiger partial charge in [-0.1, -0.05) is 19.1 Å². The number of aliphatic hydroxyl groups is 1. The largest absolute Gasteiger partial charge is 0.395 e. The quantitative estimate of drug-likeness (QED) is 0.762. The van der Waals surface area contributed by atoms with Gasteiger partial charge in [0.05, 0.1) is 18.2 Å². The van der Waals surface area contributed by atoms with Crippen molar-refractivity contribution in [3.8, 4) is 6.07 Å². The SMILES string of the molecule is CC[C@@H](CO)NCc1cccc(C#N)c1. The van der Waals surface area contributed by atoms with Gasteiger partial charge < -0.3 is 10.4 Å². The Hall–Kier alpha value is -1.37. The fourth-order valence-electron chi connectivity index (χ4n) is 1.35. The Labute approximate surface area is 90.4 Å². The second-order valence-corrected chi connectivity index (χ2v) is 3.48. The predicted molar refractivity (Wildman–Crippen MR) is 59.2 cm³/mol. The highest BCUT2D eigenvalue weighted by Gasteiger charge is 2.03. The van der Waals surface area contributed by atoms with Crippen LogP contribution in [0.5, 0.6) is 0 Å².